The maximum atomic E-state index is 12.1. The average molecular weight is 322 g/mol. The summed E-state index contributed by atoms with van der Waals surface area (Å²) in [6, 6.07) is 8.04. The third-order valence-corrected chi connectivity index (χ3v) is 6.17. The molecule has 112 valence electrons. The molecule has 21 heavy (non-hydrogen) atoms. The number of carbonyl (C=O) groups excluding carboxylic acids is 1. The number of thioether (sulfide) groups is 1. The van der Waals surface area contributed by atoms with Crippen LogP contribution in [0.15, 0.2) is 24.3 Å². The van der Waals surface area contributed by atoms with Gasteiger partial charge in [0.1, 0.15) is 0 Å². The van der Waals surface area contributed by atoms with Crippen molar-refractivity contribution in [2.45, 2.75) is 24.9 Å². The highest BCUT2D eigenvalue weighted by molar-refractivity contribution is 7.99. The fourth-order valence-electron chi connectivity index (χ4n) is 2.33. The van der Waals surface area contributed by atoms with Crippen LogP contribution in [-0.4, -0.2) is 39.6 Å². The minimum absolute atomic E-state index is 0.143. The second kappa shape index (κ2) is 5.94. The lowest BCUT2D eigenvalue weighted by Crippen LogP contribution is -2.47. The number of fused-ring (bicyclic) bond motifs is 1. The summed E-state index contributed by atoms with van der Waals surface area (Å²) in [4.78, 5) is 16.7. The number of para-hydroxylation sites is 1. The molecule has 0 aliphatic carbocycles. The maximum Gasteiger partial charge on any atom is 0.252 e. The fourth-order valence-corrected chi connectivity index (χ4v) is 4.59. The summed E-state index contributed by atoms with van der Waals surface area (Å²) in [5.74, 6) is 1.23. The summed E-state index contributed by atoms with van der Waals surface area (Å²) < 4.78 is 1.16. The number of nitrogens with one attached hydrogen (secondary N) is 1. The van der Waals surface area contributed by atoms with Crippen LogP contribution < -0.4 is 5.32 Å². The molecule has 1 aliphatic rings. The lowest BCUT2D eigenvalue weighted by Gasteiger charge is -2.21. The van der Waals surface area contributed by atoms with Crippen LogP contribution in [0.3, 0.4) is 0 Å². The topological polar surface area (TPSA) is 62.2 Å². The van der Waals surface area contributed by atoms with Crippen molar-refractivity contribution in [2.24, 2.45) is 0 Å². The van der Waals surface area contributed by atoms with Crippen molar-refractivity contribution < 1.29 is 9.90 Å². The molecule has 1 aromatic heterocycles. The number of aliphatic hydroxyl groups is 1. The van der Waals surface area contributed by atoms with E-state index < -0.39 is 5.60 Å². The highest BCUT2D eigenvalue weighted by Gasteiger charge is 2.39. The van der Waals surface area contributed by atoms with Crippen LogP contribution in [-0.2, 0) is 4.79 Å². The van der Waals surface area contributed by atoms with Crippen LogP contribution in [0.4, 0.5) is 0 Å². The van der Waals surface area contributed by atoms with E-state index in [1.807, 2.05) is 25.1 Å². The van der Waals surface area contributed by atoms with Crippen molar-refractivity contribution in [2.75, 3.05) is 18.1 Å². The molecule has 2 unspecified atom stereocenters. The van der Waals surface area contributed by atoms with Gasteiger partial charge in [-0.25, -0.2) is 4.98 Å². The number of hydrogen-bond acceptors (Lipinski definition) is 5. The summed E-state index contributed by atoms with van der Waals surface area (Å²) in [5.41, 5.74) is -0.181. The van der Waals surface area contributed by atoms with Crippen LogP contribution >= 0.6 is 23.1 Å². The van der Waals surface area contributed by atoms with Crippen molar-refractivity contribution in [1.82, 2.24) is 10.3 Å². The summed E-state index contributed by atoms with van der Waals surface area (Å²) in [6.07, 6.45) is 0.541. The van der Waals surface area contributed by atoms with Crippen LogP contribution in [0.25, 0.3) is 10.2 Å². The average Bonchev–Trinajstić information content (AvgIpc) is 3.11. The fraction of sp³-hybridized carbons (Fsp3) is 0.467. The van der Waals surface area contributed by atoms with Gasteiger partial charge in [0.2, 0.25) is 0 Å². The SMILES string of the molecule is CC(CNC(=O)C1(O)CCSC1)c1nc2ccccc2s1. The van der Waals surface area contributed by atoms with Gasteiger partial charge in [-0.05, 0) is 24.3 Å². The number of thiazole rings is 1. The predicted molar refractivity (Wildman–Crippen MR) is 87.9 cm³/mol. The molecule has 2 atom stereocenters. The molecular formula is C15H18N2O2S2. The number of aromatic nitrogens is 1. The van der Waals surface area contributed by atoms with Crippen LogP contribution in [0, 0.1) is 0 Å². The first-order valence-electron chi connectivity index (χ1n) is 7.02. The Bertz CT molecular complexity index is 617. The normalized spacial score (nSPS) is 23.3. The molecule has 2 heterocycles. The van der Waals surface area contributed by atoms with Gasteiger partial charge in [0.15, 0.2) is 5.60 Å². The minimum atomic E-state index is -1.18. The first-order chi connectivity index (χ1) is 10.1. The Hall–Kier alpha value is -1.11. The van der Waals surface area contributed by atoms with Gasteiger partial charge in [0.25, 0.3) is 5.91 Å². The lowest BCUT2D eigenvalue weighted by atomic mass is 10.0. The highest BCUT2D eigenvalue weighted by Crippen LogP contribution is 2.29. The molecule has 0 spiro atoms. The van der Waals surface area contributed by atoms with Crippen molar-refractivity contribution in [3.63, 3.8) is 0 Å². The van der Waals surface area contributed by atoms with Crippen molar-refractivity contribution >= 4 is 39.2 Å². The molecule has 2 aromatic rings. The number of benzene rings is 1. The molecule has 3 rings (SSSR count). The first-order valence-corrected chi connectivity index (χ1v) is 8.99. The molecule has 1 amide bonds. The monoisotopic (exact) mass is 322 g/mol. The molecule has 0 bridgehead atoms. The van der Waals surface area contributed by atoms with Gasteiger partial charge < -0.3 is 10.4 Å². The second-order valence-electron chi connectivity index (χ2n) is 5.47. The Kier molecular flexibility index (Phi) is 4.19. The van der Waals surface area contributed by atoms with E-state index in [-0.39, 0.29) is 11.8 Å². The van der Waals surface area contributed by atoms with E-state index in [0.717, 1.165) is 21.0 Å². The Morgan fingerprint density at radius 2 is 2.33 bits per heavy atom. The van der Waals surface area contributed by atoms with Crippen LogP contribution in [0.1, 0.15) is 24.3 Å². The smallest absolute Gasteiger partial charge is 0.252 e. The Morgan fingerprint density at radius 3 is 3.05 bits per heavy atom. The highest BCUT2D eigenvalue weighted by atomic mass is 32.2. The van der Waals surface area contributed by atoms with Gasteiger partial charge in [-0.1, -0.05) is 19.1 Å². The molecule has 1 aromatic carbocycles. The molecular weight excluding hydrogens is 304 g/mol. The molecule has 1 fully saturated rings. The van der Waals surface area contributed by atoms with E-state index in [0.29, 0.717) is 18.7 Å². The van der Waals surface area contributed by atoms with Crippen LogP contribution in [0.2, 0.25) is 0 Å². The number of carbonyl (C=O) groups is 1. The summed E-state index contributed by atoms with van der Waals surface area (Å²) >= 11 is 3.28. The Morgan fingerprint density at radius 1 is 1.52 bits per heavy atom. The zero-order valence-corrected chi connectivity index (χ0v) is 13.5. The largest absolute Gasteiger partial charge is 0.379 e. The van der Waals surface area contributed by atoms with Crippen LogP contribution in [0.5, 0.6) is 0 Å². The van der Waals surface area contributed by atoms with E-state index in [1.54, 1.807) is 23.1 Å². The van der Waals surface area contributed by atoms with E-state index in [4.69, 9.17) is 0 Å². The lowest BCUT2D eigenvalue weighted by molar-refractivity contribution is -0.137. The third-order valence-electron chi connectivity index (χ3n) is 3.72. The predicted octanol–water partition coefficient (Wildman–Crippen LogP) is 2.38. The van der Waals surface area contributed by atoms with Gasteiger partial charge in [-0.3, -0.25) is 4.79 Å². The number of amides is 1. The van der Waals surface area contributed by atoms with E-state index in [2.05, 4.69) is 16.4 Å². The molecule has 0 saturated carbocycles. The zero-order valence-electron chi connectivity index (χ0n) is 11.8. The molecule has 2 N–H and O–H groups in total. The number of nitrogens with zero attached hydrogens (tertiary/aromatic N) is 1. The molecule has 0 radical (unpaired) electrons. The van der Waals surface area contributed by atoms with E-state index >= 15 is 0 Å². The maximum absolute atomic E-state index is 12.1. The van der Waals surface area contributed by atoms with E-state index in [9.17, 15) is 9.90 Å². The van der Waals surface area contributed by atoms with Gasteiger partial charge in [-0.15, -0.1) is 11.3 Å². The minimum Gasteiger partial charge on any atom is -0.379 e. The molecule has 1 aliphatic heterocycles. The van der Waals surface area contributed by atoms with Gasteiger partial charge in [-0.2, -0.15) is 11.8 Å². The zero-order chi connectivity index (χ0) is 14.9. The van der Waals surface area contributed by atoms with Crippen molar-refractivity contribution in [3.05, 3.63) is 29.3 Å². The molecule has 4 nitrogen and oxygen atoms in total. The molecule has 1 saturated heterocycles. The van der Waals surface area contributed by atoms with E-state index in [1.165, 1.54) is 0 Å². The summed E-state index contributed by atoms with van der Waals surface area (Å²) in [7, 11) is 0. The van der Waals surface area contributed by atoms with Gasteiger partial charge in [0, 0.05) is 18.2 Å². The van der Waals surface area contributed by atoms with Gasteiger partial charge >= 0.3 is 0 Å². The number of rotatable bonds is 4. The summed E-state index contributed by atoms with van der Waals surface area (Å²) in [6.45, 7) is 2.55. The second-order valence-corrected chi connectivity index (χ2v) is 7.63. The Labute approximate surface area is 132 Å². The number of hydrogen-bond donors (Lipinski definition) is 2. The van der Waals surface area contributed by atoms with Gasteiger partial charge in [0.05, 0.1) is 15.2 Å². The third kappa shape index (κ3) is 3.07. The Balaban J connectivity index is 1.63. The standard InChI is InChI=1S/C15H18N2O2S2/c1-10(8-16-14(18)15(19)6-7-20-9-15)13-17-11-4-2-3-5-12(11)21-13/h2-5,10,19H,6-9H2,1H3,(H,16,18). The summed E-state index contributed by atoms with van der Waals surface area (Å²) in [5, 5.41) is 14.1. The van der Waals surface area contributed by atoms with Crippen molar-refractivity contribution in [1.29, 1.82) is 0 Å². The first kappa shape index (κ1) is 14.8. The quantitative estimate of drug-likeness (QED) is 0.907. The molecule has 6 heteroatoms. The van der Waals surface area contributed by atoms with Crippen molar-refractivity contribution in [3.8, 4) is 0 Å².